The summed E-state index contributed by atoms with van der Waals surface area (Å²) in [6.07, 6.45) is 6.09. The van der Waals surface area contributed by atoms with Crippen LogP contribution in [0.4, 0.5) is 22.7 Å². The predicted molar refractivity (Wildman–Crippen MR) is 239 cm³/mol. The van der Waals surface area contributed by atoms with Crippen molar-refractivity contribution in [1.82, 2.24) is 0 Å². The minimum atomic E-state index is -0.295. The van der Waals surface area contributed by atoms with Crippen LogP contribution in [0.3, 0.4) is 0 Å². The molecule has 0 saturated carbocycles. The molecule has 4 nitrogen and oxygen atoms in total. The second-order valence-electron chi connectivity index (χ2n) is 15.4. The predicted octanol–water partition coefficient (Wildman–Crippen LogP) is 12.6. The number of nitrogens with zero attached hydrogens (tertiary/aromatic N) is 2. The average Bonchev–Trinajstić information content (AvgIpc) is 3.06. The summed E-state index contributed by atoms with van der Waals surface area (Å²) in [4.78, 5) is 9.75. The number of aryl methyl sites for hydroxylation is 4. The Morgan fingerprint density at radius 3 is 1.10 bits per heavy atom. The van der Waals surface area contributed by atoms with Gasteiger partial charge in [0, 0.05) is 70.0 Å². The van der Waals surface area contributed by atoms with Crippen LogP contribution in [-0.2, 0) is 0 Å². The van der Waals surface area contributed by atoms with Crippen LogP contribution in [-0.4, -0.2) is 48.2 Å². The molecule has 0 heterocycles. The van der Waals surface area contributed by atoms with Crippen LogP contribution in [0.1, 0.15) is 102 Å². The van der Waals surface area contributed by atoms with Gasteiger partial charge in [0.2, 0.25) is 0 Å². The van der Waals surface area contributed by atoms with E-state index in [1.807, 2.05) is 0 Å². The summed E-state index contributed by atoms with van der Waals surface area (Å²) in [6, 6.07) is 27.0. The van der Waals surface area contributed by atoms with Gasteiger partial charge in [0.25, 0.3) is 0 Å². The fourth-order valence-corrected chi connectivity index (χ4v) is 13.2. The van der Waals surface area contributed by atoms with E-state index in [0.29, 0.717) is 22.6 Å². The molecule has 4 aromatic carbocycles. The number of hydrogen-bond acceptors (Lipinski definition) is 4. The number of unbranched alkanes of at least 4 members (excludes halogenated alkanes) is 1. The van der Waals surface area contributed by atoms with Crippen LogP contribution >= 0.6 is 15.8 Å². The maximum absolute atomic E-state index is 4.87. The maximum atomic E-state index is 4.87. The molecule has 4 rings (SSSR count). The highest BCUT2D eigenvalue weighted by Crippen LogP contribution is 2.48. The topological polar surface area (TPSA) is 48.8 Å². The van der Waals surface area contributed by atoms with Crippen molar-refractivity contribution < 1.29 is 0 Å². The van der Waals surface area contributed by atoms with E-state index in [1.54, 1.807) is 0 Å². The molecule has 0 spiro atoms. The van der Waals surface area contributed by atoms with Gasteiger partial charge in [0.15, 0.2) is 0 Å². The van der Waals surface area contributed by atoms with Crippen molar-refractivity contribution in [1.29, 1.82) is 0 Å². The minimum Gasteiger partial charge on any atom is -0.354 e. The number of rotatable bonds is 17. The van der Waals surface area contributed by atoms with Gasteiger partial charge >= 0.3 is 0 Å². The zero-order chi connectivity index (χ0) is 37.9. The second-order valence-corrected chi connectivity index (χ2v) is 22.2. The minimum absolute atomic E-state index is 0.295. The summed E-state index contributed by atoms with van der Waals surface area (Å²) in [5.74, 6) is 0. The van der Waals surface area contributed by atoms with E-state index in [4.69, 9.17) is 9.98 Å². The largest absolute Gasteiger partial charge is 0.354 e. The van der Waals surface area contributed by atoms with E-state index in [-0.39, 0.29) is 15.8 Å². The first-order valence-electron chi connectivity index (χ1n) is 19.3. The molecule has 0 bridgehead atoms. The summed E-state index contributed by atoms with van der Waals surface area (Å²) < 4.78 is 0. The third kappa shape index (κ3) is 11.6. The third-order valence-corrected chi connectivity index (χ3v) is 15.6. The fraction of sp³-hybridized carbons (Fsp3) is 0.435. The van der Waals surface area contributed by atoms with Crippen molar-refractivity contribution in [2.45, 2.75) is 119 Å². The molecule has 52 heavy (non-hydrogen) atoms. The molecule has 278 valence electrons. The van der Waals surface area contributed by atoms with Crippen LogP contribution in [0.2, 0.25) is 0 Å². The molecule has 0 aliphatic rings. The van der Waals surface area contributed by atoms with Crippen molar-refractivity contribution in [2.75, 3.05) is 23.7 Å². The zero-order valence-corrected chi connectivity index (χ0v) is 35.8. The molecule has 0 fully saturated rings. The van der Waals surface area contributed by atoms with Gasteiger partial charge in [0.05, 0.1) is 0 Å². The van der Waals surface area contributed by atoms with E-state index in [0.717, 1.165) is 48.4 Å². The first kappa shape index (κ1) is 41.4. The molecule has 0 aliphatic carbocycles. The van der Waals surface area contributed by atoms with Gasteiger partial charge in [-0.05, 0) is 112 Å². The van der Waals surface area contributed by atoms with E-state index in [2.05, 4.69) is 179 Å². The third-order valence-electron chi connectivity index (χ3n) is 9.33. The average molecular weight is 735 g/mol. The van der Waals surface area contributed by atoms with Gasteiger partial charge in [-0.15, -0.1) is 0 Å². The van der Waals surface area contributed by atoms with Crippen molar-refractivity contribution in [2.24, 2.45) is 9.98 Å². The Kier molecular flexibility index (Phi) is 15.7. The standard InChI is InChI=1S/C46H64N4P2/c1-31(2)51(32(3)4)45-27-37(11)17-21-43(45)49-41-19-15-35(9)25-39(41)29-47-23-13-14-24-48-30-40-26-36(10)16-20-42(40)50-44-22-18-38(12)28-46(44)52(33(5)6)34(7)8/h15-22,25-34,49-50H,13-14,23-24H2,1-12H3. The quantitative estimate of drug-likeness (QED) is 0.0645. The first-order chi connectivity index (χ1) is 24.7. The molecule has 6 heteroatoms. The Hall–Kier alpha value is -3.32. The van der Waals surface area contributed by atoms with Gasteiger partial charge < -0.3 is 10.6 Å². The first-order valence-corrected chi connectivity index (χ1v) is 22.2. The van der Waals surface area contributed by atoms with Crippen LogP contribution in [0.25, 0.3) is 0 Å². The van der Waals surface area contributed by atoms with Crippen molar-refractivity contribution in [3.8, 4) is 0 Å². The van der Waals surface area contributed by atoms with Crippen molar-refractivity contribution >= 4 is 61.6 Å². The summed E-state index contributed by atoms with van der Waals surface area (Å²) in [5, 5.41) is 10.6. The SMILES string of the molecule is Cc1ccc(Nc2ccc(C)cc2P(C(C)C)C(C)C)c(C=NCCCCN=Cc2cc(C)ccc2Nc2ccc(C)cc2P(C(C)C)C(C)C)c1. The van der Waals surface area contributed by atoms with E-state index >= 15 is 0 Å². The van der Waals surface area contributed by atoms with Crippen LogP contribution < -0.4 is 21.2 Å². The molecule has 0 saturated heterocycles. The highest BCUT2D eigenvalue weighted by Gasteiger charge is 2.24. The summed E-state index contributed by atoms with van der Waals surface area (Å²) in [5.41, 5.74) is 14.5. The number of hydrogen-bond donors (Lipinski definition) is 2. The van der Waals surface area contributed by atoms with E-state index < -0.39 is 0 Å². The molecule has 0 atom stereocenters. The molecule has 0 radical (unpaired) electrons. The fourth-order valence-electron chi connectivity index (χ4n) is 7.05. The second kappa shape index (κ2) is 19.7. The lowest BCUT2D eigenvalue weighted by atomic mass is 10.1. The summed E-state index contributed by atoms with van der Waals surface area (Å²) in [7, 11) is -0.589. The molecule has 0 amide bonds. The number of nitrogens with one attached hydrogen (secondary N) is 2. The van der Waals surface area contributed by atoms with Crippen molar-refractivity contribution in [3.63, 3.8) is 0 Å². The summed E-state index contributed by atoms with van der Waals surface area (Å²) in [6.45, 7) is 29.2. The maximum Gasteiger partial charge on any atom is 0.0473 e. The van der Waals surface area contributed by atoms with Gasteiger partial charge in [-0.3, -0.25) is 9.98 Å². The molecular formula is C46H64N4P2. The van der Waals surface area contributed by atoms with Gasteiger partial charge in [-0.25, -0.2) is 0 Å². The Bertz CT molecular complexity index is 1670. The Morgan fingerprint density at radius 2 is 0.769 bits per heavy atom. The van der Waals surface area contributed by atoms with Crippen LogP contribution in [0.5, 0.6) is 0 Å². The molecule has 0 aromatic heterocycles. The highest BCUT2D eigenvalue weighted by molar-refractivity contribution is 7.67. The lowest BCUT2D eigenvalue weighted by Gasteiger charge is -2.29. The molecule has 0 unspecified atom stereocenters. The van der Waals surface area contributed by atoms with Crippen LogP contribution in [0.15, 0.2) is 82.8 Å². The summed E-state index contributed by atoms with van der Waals surface area (Å²) >= 11 is 0. The van der Waals surface area contributed by atoms with Crippen LogP contribution in [0, 0.1) is 27.7 Å². The molecular weight excluding hydrogens is 670 g/mol. The Balaban J connectivity index is 1.40. The van der Waals surface area contributed by atoms with E-state index in [1.165, 1.54) is 44.2 Å². The van der Waals surface area contributed by atoms with E-state index in [9.17, 15) is 0 Å². The zero-order valence-electron chi connectivity index (χ0n) is 34.0. The normalized spacial score (nSPS) is 12.3. The lowest BCUT2D eigenvalue weighted by Crippen LogP contribution is -2.18. The smallest absolute Gasteiger partial charge is 0.0473 e. The molecule has 2 N–H and O–H groups in total. The number of anilines is 4. The Morgan fingerprint density at radius 1 is 0.462 bits per heavy atom. The number of benzene rings is 4. The molecule has 4 aromatic rings. The lowest BCUT2D eigenvalue weighted by molar-refractivity contribution is 0.760. The highest BCUT2D eigenvalue weighted by atomic mass is 31.1. The monoisotopic (exact) mass is 734 g/mol. The number of aliphatic imine (C=N–C) groups is 2. The van der Waals surface area contributed by atoms with Gasteiger partial charge in [0.1, 0.15) is 0 Å². The molecule has 0 aliphatic heterocycles. The Labute approximate surface area is 319 Å². The van der Waals surface area contributed by atoms with Crippen molar-refractivity contribution in [3.05, 3.63) is 106 Å². The van der Waals surface area contributed by atoms with Gasteiger partial charge in [-0.2, -0.15) is 0 Å². The van der Waals surface area contributed by atoms with Gasteiger partial charge in [-0.1, -0.05) is 118 Å².